The summed E-state index contributed by atoms with van der Waals surface area (Å²) < 4.78 is 3.44. The summed E-state index contributed by atoms with van der Waals surface area (Å²) in [6, 6.07) is 18.8. The van der Waals surface area contributed by atoms with Crippen LogP contribution in [0.15, 0.2) is 72.0 Å². The predicted molar refractivity (Wildman–Crippen MR) is 120 cm³/mol. The van der Waals surface area contributed by atoms with Crippen molar-refractivity contribution in [3.8, 4) is 5.13 Å². The Kier molecular flexibility index (Phi) is 3.99. The van der Waals surface area contributed by atoms with Crippen molar-refractivity contribution < 1.29 is 0 Å². The molecule has 5 heterocycles. The largest absolute Gasteiger partial charge is 0.339 e. The van der Waals surface area contributed by atoms with Crippen molar-refractivity contribution in [3.63, 3.8) is 0 Å². The van der Waals surface area contributed by atoms with Gasteiger partial charge in [0.2, 0.25) is 0 Å². The van der Waals surface area contributed by atoms with Crippen LogP contribution >= 0.6 is 23.1 Å². The second-order valence-electron chi connectivity index (χ2n) is 7.40. The topological polar surface area (TPSA) is 46.3 Å². The molecule has 1 saturated heterocycles. The third-order valence-corrected chi connectivity index (χ3v) is 7.59. The third-order valence-electron chi connectivity index (χ3n) is 5.45. The number of fused-ring (bicyclic) bond motifs is 2. The van der Waals surface area contributed by atoms with E-state index >= 15 is 0 Å². The lowest BCUT2D eigenvalue weighted by Gasteiger charge is -2.27. The first-order valence-electron chi connectivity index (χ1n) is 9.73. The number of thioether (sulfide) groups is 1. The van der Waals surface area contributed by atoms with Gasteiger partial charge in [-0.2, -0.15) is 0 Å². The number of aromatic nitrogens is 3. The molecule has 0 N–H and O–H groups in total. The summed E-state index contributed by atoms with van der Waals surface area (Å²) in [6.07, 6.45) is 3.98. The van der Waals surface area contributed by atoms with Gasteiger partial charge in [0.05, 0.1) is 27.6 Å². The van der Waals surface area contributed by atoms with Gasteiger partial charge in [-0.05, 0) is 36.4 Å². The van der Waals surface area contributed by atoms with Gasteiger partial charge in [-0.15, -0.1) is 0 Å². The average Bonchev–Trinajstić information content (AvgIpc) is 3.49. The maximum absolute atomic E-state index is 5.10. The van der Waals surface area contributed by atoms with E-state index in [2.05, 4.69) is 64.0 Å². The van der Waals surface area contributed by atoms with Crippen LogP contribution in [0.1, 0.15) is 30.4 Å². The Morgan fingerprint density at radius 3 is 2.79 bits per heavy atom. The maximum Gasteiger partial charge on any atom is 0.194 e. The van der Waals surface area contributed by atoms with Crippen LogP contribution in [0, 0.1) is 0 Å². The molecule has 0 amide bonds. The highest BCUT2D eigenvalue weighted by Gasteiger charge is 2.44. The Labute approximate surface area is 177 Å². The molecule has 0 spiro atoms. The summed E-state index contributed by atoms with van der Waals surface area (Å²) in [5.74, 6) is 0. The molecule has 144 valence electrons. The Morgan fingerprint density at radius 1 is 1.03 bits per heavy atom. The van der Waals surface area contributed by atoms with E-state index in [0.29, 0.717) is 5.25 Å². The SMILES string of the molecule is C[C@@H]1CN2C(=N[C@H](c3ccccn3)[C@H]2c2cccn2-c2nc3ccccc3s2)S1. The number of pyridine rings is 1. The monoisotopic (exact) mass is 417 g/mol. The number of hydrogen-bond donors (Lipinski definition) is 0. The van der Waals surface area contributed by atoms with Crippen LogP contribution in [0.5, 0.6) is 0 Å². The normalized spacial score (nSPS) is 23.6. The first-order valence-corrected chi connectivity index (χ1v) is 11.4. The molecule has 3 aromatic heterocycles. The quantitative estimate of drug-likeness (QED) is 0.467. The molecule has 2 aliphatic heterocycles. The molecule has 0 unspecified atom stereocenters. The van der Waals surface area contributed by atoms with Crippen molar-refractivity contribution in [2.24, 2.45) is 4.99 Å². The van der Waals surface area contributed by atoms with Crippen LogP contribution in [0.25, 0.3) is 15.3 Å². The van der Waals surface area contributed by atoms with Crippen molar-refractivity contribution in [3.05, 3.63) is 78.4 Å². The van der Waals surface area contributed by atoms with Gasteiger partial charge in [-0.3, -0.25) is 14.5 Å². The second kappa shape index (κ2) is 6.71. The van der Waals surface area contributed by atoms with Gasteiger partial charge in [0.1, 0.15) is 6.04 Å². The summed E-state index contributed by atoms with van der Waals surface area (Å²) in [7, 11) is 0. The van der Waals surface area contributed by atoms with E-state index in [1.165, 1.54) is 10.4 Å². The van der Waals surface area contributed by atoms with Crippen LogP contribution in [0.4, 0.5) is 0 Å². The number of rotatable bonds is 3. The van der Waals surface area contributed by atoms with Gasteiger partial charge in [0, 0.05) is 24.2 Å². The summed E-state index contributed by atoms with van der Waals surface area (Å²) in [4.78, 5) is 17.1. The fourth-order valence-electron chi connectivity index (χ4n) is 4.21. The Balaban J connectivity index is 1.47. The maximum atomic E-state index is 5.10. The molecule has 29 heavy (non-hydrogen) atoms. The molecule has 6 rings (SSSR count). The van der Waals surface area contributed by atoms with E-state index in [1.54, 1.807) is 11.3 Å². The van der Waals surface area contributed by atoms with E-state index in [4.69, 9.17) is 9.98 Å². The molecule has 1 aromatic carbocycles. The zero-order valence-electron chi connectivity index (χ0n) is 15.8. The van der Waals surface area contributed by atoms with Crippen molar-refractivity contribution >= 4 is 38.5 Å². The molecular formula is C22H19N5S2. The van der Waals surface area contributed by atoms with Crippen LogP contribution in [-0.4, -0.2) is 36.4 Å². The van der Waals surface area contributed by atoms with Crippen LogP contribution < -0.4 is 0 Å². The van der Waals surface area contributed by atoms with Gasteiger partial charge in [0.25, 0.3) is 0 Å². The number of thiazole rings is 1. The fraction of sp³-hybridized carbons (Fsp3) is 0.227. The molecule has 5 nitrogen and oxygen atoms in total. The Morgan fingerprint density at radius 2 is 1.93 bits per heavy atom. The highest BCUT2D eigenvalue weighted by molar-refractivity contribution is 8.14. The van der Waals surface area contributed by atoms with Crippen LogP contribution in [-0.2, 0) is 0 Å². The second-order valence-corrected chi connectivity index (χ2v) is 9.82. The minimum absolute atomic E-state index is 0.00534. The summed E-state index contributed by atoms with van der Waals surface area (Å²) in [5.41, 5.74) is 3.28. The van der Waals surface area contributed by atoms with Gasteiger partial charge in [-0.25, -0.2) is 4.98 Å². The number of para-hydroxylation sites is 1. The van der Waals surface area contributed by atoms with Gasteiger partial charge in [0.15, 0.2) is 10.3 Å². The minimum atomic E-state index is -0.00534. The molecule has 0 saturated carbocycles. The zero-order valence-corrected chi connectivity index (χ0v) is 17.5. The Bertz CT molecular complexity index is 1180. The molecule has 0 radical (unpaired) electrons. The van der Waals surface area contributed by atoms with E-state index in [0.717, 1.165) is 28.1 Å². The highest BCUT2D eigenvalue weighted by atomic mass is 32.2. The van der Waals surface area contributed by atoms with Crippen molar-refractivity contribution in [1.29, 1.82) is 0 Å². The van der Waals surface area contributed by atoms with Gasteiger partial charge < -0.3 is 4.90 Å². The number of benzene rings is 1. The molecule has 3 atom stereocenters. The first kappa shape index (κ1) is 17.2. The van der Waals surface area contributed by atoms with Gasteiger partial charge in [-0.1, -0.05) is 48.2 Å². The fourth-order valence-corrected chi connectivity index (χ4v) is 6.27. The molecule has 0 aliphatic carbocycles. The highest BCUT2D eigenvalue weighted by Crippen LogP contribution is 2.48. The van der Waals surface area contributed by atoms with Crippen LogP contribution in [0.2, 0.25) is 0 Å². The summed E-state index contributed by atoms with van der Waals surface area (Å²) in [5, 5.41) is 2.68. The molecular weight excluding hydrogens is 398 g/mol. The smallest absolute Gasteiger partial charge is 0.194 e. The molecule has 4 aromatic rings. The molecule has 2 aliphatic rings. The number of aliphatic imine (C=N–C) groups is 1. The van der Waals surface area contributed by atoms with E-state index in [9.17, 15) is 0 Å². The molecule has 1 fully saturated rings. The lowest BCUT2D eigenvalue weighted by molar-refractivity contribution is 0.312. The van der Waals surface area contributed by atoms with E-state index in [1.807, 2.05) is 36.2 Å². The van der Waals surface area contributed by atoms with Crippen molar-refractivity contribution in [2.45, 2.75) is 24.3 Å². The van der Waals surface area contributed by atoms with E-state index in [-0.39, 0.29) is 12.1 Å². The van der Waals surface area contributed by atoms with Gasteiger partial charge >= 0.3 is 0 Å². The number of amidine groups is 1. The molecule has 0 bridgehead atoms. The number of hydrogen-bond acceptors (Lipinski definition) is 6. The minimum Gasteiger partial charge on any atom is -0.339 e. The standard InChI is InChI=1S/C22H19N5S2/c1-14-13-27-20(19(25-22(27)28-14)16-8-4-5-11-23-16)17-9-6-12-26(17)21-24-15-7-2-3-10-18(15)29-21/h2-12,14,19-20H,13H2,1H3/t14-,19-,20-/m1/s1. The lowest BCUT2D eigenvalue weighted by Crippen LogP contribution is -2.30. The predicted octanol–water partition coefficient (Wildman–Crippen LogP) is 5.07. The zero-order chi connectivity index (χ0) is 19.4. The summed E-state index contributed by atoms with van der Waals surface area (Å²) >= 11 is 3.59. The molecule has 7 heteroatoms. The van der Waals surface area contributed by atoms with E-state index < -0.39 is 0 Å². The first-order chi connectivity index (χ1) is 14.3. The summed E-state index contributed by atoms with van der Waals surface area (Å²) in [6.45, 7) is 3.27. The third kappa shape index (κ3) is 2.80. The lowest BCUT2D eigenvalue weighted by atomic mass is 10.0. The van der Waals surface area contributed by atoms with Crippen LogP contribution in [0.3, 0.4) is 0 Å². The Hall–Kier alpha value is -2.64. The van der Waals surface area contributed by atoms with Crippen molar-refractivity contribution in [2.75, 3.05) is 6.54 Å². The average molecular weight is 418 g/mol. The number of nitrogens with zero attached hydrogens (tertiary/aromatic N) is 5. The van der Waals surface area contributed by atoms with Crippen molar-refractivity contribution in [1.82, 2.24) is 19.4 Å².